The maximum absolute atomic E-state index is 12.3. The van der Waals surface area contributed by atoms with Gasteiger partial charge < -0.3 is 9.47 Å². The molecular weight excluding hydrogens is 398 g/mol. The number of hydrogen-bond acceptors (Lipinski definition) is 4. The summed E-state index contributed by atoms with van der Waals surface area (Å²) < 4.78 is 11.0. The first-order chi connectivity index (χ1) is 15.8. The van der Waals surface area contributed by atoms with Crippen LogP contribution in [0, 0.1) is 0 Å². The van der Waals surface area contributed by atoms with Crippen molar-refractivity contribution in [1.82, 2.24) is 4.98 Å². The quantitative estimate of drug-likeness (QED) is 0.249. The average Bonchev–Trinajstić information content (AvgIpc) is 2.86. The summed E-state index contributed by atoms with van der Waals surface area (Å²) >= 11 is 0. The van der Waals surface area contributed by atoms with E-state index in [1.54, 1.807) is 12.3 Å². The Morgan fingerprint density at radius 2 is 1.34 bits per heavy atom. The zero-order valence-corrected chi connectivity index (χ0v) is 17.8. The van der Waals surface area contributed by atoms with Gasteiger partial charge in [-0.05, 0) is 34.7 Å². The van der Waals surface area contributed by atoms with Crippen LogP contribution in [0.15, 0.2) is 109 Å². The molecule has 32 heavy (non-hydrogen) atoms. The van der Waals surface area contributed by atoms with Crippen molar-refractivity contribution in [2.24, 2.45) is 0 Å². The monoisotopic (exact) mass is 423 g/mol. The molecule has 0 aliphatic rings. The molecule has 0 aliphatic carbocycles. The van der Waals surface area contributed by atoms with Gasteiger partial charge in [-0.2, -0.15) is 0 Å². The van der Waals surface area contributed by atoms with Gasteiger partial charge in [0.1, 0.15) is 6.61 Å². The summed E-state index contributed by atoms with van der Waals surface area (Å²) in [5.41, 5.74) is 4.44. The van der Waals surface area contributed by atoms with Crippen molar-refractivity contribution in [3.63, 3.8) is 0 Å². The highest BCUT2D eigenvalue weighted by Crippen LogP contribution is 2.27. The molecule has 0 radical (unpaired) electrons. The second-order valence-electron chi connectivity index (χ2n) is 7.44. The van der Waals surface area contributed by atoms with Crippen molar-refractivity contribution in [3.05, 3.63) is 120 Å². The number of esters is 1. The topological polar surface area (TPSA) is 48.4 Å². The van der Waals surface area contributed by atoms with Crippen molar-refractivity contribution >= 4 is 5.97 Å². The van der Waals surface area contributed by atoms with Gasteiger partial charge in [-0.1, -0.05) is 91.0 Å². The number of benzene rings is 3. The maximum Gasteiger partial charge on any atom is 0.338 e. The van der Waals surface area contributed by atoms with E-state index in [0.29, 0.717) is 6.61 Å². The minimum atomic E-state index is -0.460. The van der Waals surface area contributed by atoms with Crippen LogP contribution in [0.3, 0.4) is 0 Å². The predicted octanol–water partition coefficient (Wildman–Crippen LogP) is 5.89. The highest BCUT2D eigenvalue weighted by Gasteiger charge is 2.14. The third-order valence-electron chi connectivity index (χ3n) is 5.24. The first-order valence-corrected chi connectivity index (χ1v) is 10.7. The number of carbonyl (C=O) groups is 1. The van der Waals surface area contributed by atoms with Crippen molar-refractivity contribution in [3.8, 4) is 17.0 Å². The van der Waals surface area contributed by atoms with Gasteiger partial charge in [0.2, 0.25) is 5.88 Å². The molecule has 0 bridgehead atoms. The SMILES string of the molecule is O=C(COCCC(c1ccccc1)c1ccccc1)Oc1cc(-c2ccccc2)ccn1. The summed E-state index contributed by atoms with van der Waals surface area (Å²) in [6.07, 6.45) is 2.40. The Labute approximate surface area is 188 Å². The average molecular weight is 424 g/mol. The Bertz CT molecular complexity index is 1080. The fourth-order valence-corrected chi connectivity index (χ4v) is 3.67. The van der Waals surface area contributed by atoms with Gasteiger partial charge in [0.15, 0.2) is 0 Å². The number of carbonyl (C=O) groups excluding carboxylic acids is 1. The number of nitrogens with zero attached hydrogens (tertiary/aromatic N) is 1. The van der Waals surface area contributed by atoms with Gasteiger partial charge in [0.25, 0.3) is 0 Å². The zero-order valence-electron chi connectivity index (χ0n) is 17.8. The molecule has 0 fully saturated rings. The molecule has 160 valence electrons. The lowest BCUT2D eigenvalue weighted by molar-refractivity contribution is -0.139. The molecule has 0 N–H and O–H groups in total. The van der Waals surface area contributed by atoms with Crippen LogP contribution < -0.4 is 4.74 Å². The number of aromatic nitrogens is 1. The van der Waals surface area contributed by atoms with E-state index >= 15 is 0 Å². The van der Waals surface area contributed by atoms with Crippen LogP contribution in [0.5, 0.6) is 5.88 Å². The third-order valence-corrected chi connectivity index (χ3v) is 5.24. The summed E-state index contributed by atoms with van der Waals surface area (Å²) in [6, 6.07) is 34.2. The maximum atomic E-state index is 12.3. The van der Waals surface area contributed by atoms with Gasteiger partial charge in [-0.15, -0.1) is 0 Å². The molecular formula is C28H25NO3. The van der Waals surface area contributed by atoms with Crippen molar-refractivity contribution in [2.45, 2.75) is 12.3 Å². The lowest BCUT2D eigenvalue weighted by Crippen LogP contribution is -2.17. The summed E-state index contributed by atoms with van der Waals surface area (Å²) in [4.78, 5) is 16.4. The van der Waals surface area contributed by atoms with Crippen LogP contribution in [0.4, 0.5) is 0 Å². The van der Waals surface area contributed by atoms with Gasteiger partial charge in [0.05, 0.1) is 0 Å². The summed E-state index contributed by atoms with van der Waals surface area (Å²) in [7, 11) is 0. The third kappa shape index (κ3) is 5.90. The van der Waals surface area contributed by atoms with E-state index < -0.39 is 5.97 Å². The Morgan fingerprint density at radius 1 is 0.750 bits per heavy atom. The highest BCUT2D eigenvalue weighted by molar-refractivity contribution is 5.74. The van der Waals surface area contributed by atoms with Gasteiger partial charge in [-0.25, -0.2) is 9.78 Å². The molecule has 0 aliphatic heterocycles. The lowest BCUT2D eigenvalue weighted by Gasteiger charge is -2.18. The molecule has 1 aromatic heterocycles. The molecule has 0 atom stereocenters. The van der Waals surface area contributed by atoms with E-state index in [1.165, 1.54) is 11.1 Å². The Morgan fingerprint density at radius 3 is 1.97 bits per heavy atom. The van der Waals surface area contributed by atoms with Gasteiger partial charge in [-0.3, -0.25) is 0 Å². The van der Waals surface area contributed by atoms with E-state index in [4.69, 9.17) is 9.47 Å². The van der Waals surface area contributed by atoms with Crippen molar-refractivity contribution in [1.29, 1.82) is 0 Å². The summed E-state index contributed by atoms with van der Waals surface area (Å²) in [5, 5.41) is 0. The van der Waals surface area contributed by atoms with E-state index in [1.807, 2.05) is 72.8 Å². The summed E-state index contributed by atoms with van der Waals surface area (Å²) in [6.45, 7) is 0.328. The van der Waals surface area contributed by atoms with Crippen molar-refractivity contribution in [2.75, 3.05) is 13.2 Å². The Hall–Kier alpha value is -3.76. The highest BCUT2D eigenvalue weighted by atomic mass is 16.6. The van der Waals surface area contributed by atoms with Crippen LogP contribution in [-0.4, -0.2) is 24.2 Å². The summed E-state index contributed by atoms with van der Waals surface area (Å²) in [5.74, 6) is 0.0164. The number of ether oxygens (including phenoxy) is 2. The molecule has 4 heteroatoms. The van der Waals surface area contributed by atoms with Crippen LogP contribution >= 0.6 is 0 Å². The first-order valence-electron chi connectivity index (χ1n) is 10.7. The molecule has 0 unspecified atom stereocenters. The van der Waals surface area contributed by atoms with Crippen LogP contribution in [-0.2, 0) is 9.53 Å². The molecule has 3 aromatic carbocycles. The van der Waals surface area contributed by atoms with Crippen LogP contribution in [0.1, 0.15) is 23.5 Å². The predicted molar refractivity (Wildman–Crippen MR) is 125 cm³/mol. The fourth-order valence-electron chi connectivity index (χ4n) is 3.67. The normalized spacial score (nSPS) is 10.8. The number of pyridine rings is 1. The van der Waals surface area contributed by atoms with E-state index in [2.05, 4.69) is 29.2 Å². The van der Waals surface area contributed by atoms with E-state index in [0.717, 1.165) is 17.5 Å². The minimum absolute atomic E-state index is 0.118. The van der Waals surface area contributed by atoms with E-state index in [-0.39, 0.29) is 18.4 Å². The van der Waals surface area contributed by atoms with Gasteiger partial charge >= 0.3 is 5.97 Å². The number of hydrogen-bond donors (Lipinski definition) is 0. The second kappa shape index (κ2) is 11.0. The fraction of sp³-hybridized carbons (Fsp3) is 0.143. The smallest absolute Gasteiger partial charge is 0.338 e. The molecule has 0 amide bonds. The Balaban J connectivity index is 1.31. The van der Waals surface area contributed by atoms with Gasteiger partial charge in [0, 0.05) is 24.8 Å². The largest absolute Gasteiger partial charge is 0.406 e. The van der Waals surface area contributed by atoms with Crippen LogP contribution in [0.25, 0.3) is 11.1 Å². The minimum Gasteiger partial charge on any atom is -0.406 e. The number of rotatable bonds is 9. The molecule has 0 spiro atoms. The molecule has 4 nitrogen and oxygen atoms in total. The molecule has 1 heterocycles. The molecule has 0 saturated carbocycles. The van der Waals surface area contributed by atoms with E-state index in [9.17, 15) is 4.79 Å². The first kappa shape index (κ1) is 21.5. The van der Waals surface area contributed by atoms with Crippen LogP contribution in [0.2, 0.25) is 0 Å². The Kier molecular flexibility index (Phi) is 7.40. The van der Waals surface area contributed by atoms with Crippen molar-refractivity contribution < 1.29 is 14.3 Å². The second-order valence-corrected chi connectivity index (χ2v) is 7.44. The zero-order chi connectivity index (χ0) is 22.0. The molecule has 4 aromatic rings. The molecule has 4 rings (SSSR count). The lowest BCUT2D eigenvalue weighted by atomic mass is 9.89. The molecule has 0 saturated heterocycles. The standard InChI is InChI=1S/C28H25NO3/c30-28(32-27-20-25(16-18-29-27)22-10-4-1-5-11-22)21-31-19-17-26(23-12-6-2-7-13-23)24-14-8-3-9-15-24/h1-16,18,20,26H,17,19,21H2.